The highest BCUT2D eigenvalue weighted by Gasteiger charge is 2.06. The summed E-state index contributed by atoms with van der Waals surface area (Å²) in [6.45, 7) is 7.00. The molecule has 4 nitrogen and oxygen atoms in total. The first kappa shape index (κ1) is 13.2. The van der Waals surface area contributed by atoms with Crippen LogP contribution in [-0.4, -0.2) is 9.55 Å². The van der Waals surface area contributed by atoms with E-state index >= 15 is 0 Å². The van der Waals surface area contributed by atoms with E-state index in [2.05, 4.69) is 34.8 Å². The van der Waals surface area contributed by atoms with Crippen molar-refractivity contribution in [2.24, 2.45) is 0 Å². The van der Waals surface area contributed by atoms with Crippen LogP contribution in [0.2, 0.25) is 0 Å². The van der Waals surface area contributed by atoms with Crippen LogP contribution in [0.3, 0.4) is 0 Å². The smallest absolute Gasteiger partial charge is 0.0992 e. The lowest BCUT2D eigenvalue weighted by Gasteiger charge is -2.14. The monoisotopic (exact) mass is 254 g/mol. The molecule has 0 aliphatic rings. The van der Waals surface area contributed by atoms with E-state index in [1.54, 1.807) is 0 Å². The standard InChI is InChI=1S/C15H18N4/c1-11(2)19-10-17-8-14(19)9-18-15-6-13(7-16)5-4-12(15)3/h4-6,8,10-11,18H,9H2,1-3H3. The molecule has 1 heterocycles. The van der Waals surface area contributed by atoms with Gasteiger partial charge in [0.05, 0.1) is 30.2 Å². The van der Waals surface area contributed by atoms with Crippen LogP contribution in [0.25, 0.3) is 0 Å². The Morgan fingerprint density at radius 1 is 1.42 bits per heavy atom. The molecule has 0 amide bonds. The van der Waals surface area contributed by atoms with Gasteiger partial charge < -0.3 is 9.88 Å². The molecule has 1 aromatic heterocycles. The number of anilines is 1. The summed E-state index contributed by atoms with van der Waals surface area (Å²) in [5, 5.41) is 12.3. The number of nitriles is 1. The Labute approximate surface area is 113 Å². The number of hydrogen-bond donors (Lipinski definition) is 1. The lowest BCUT2D eigenvalue weighted by Crippen LogP contribution is -2.09. The van der Waals surface area contributed by atoms with Gasteiger partial charge in [0, 0.05) is 17.9 Å². The van der Waals surface area contributed by atoms with Gasteiger partial charge in [0.1, 0.15) is 0 Å². The Balaban J connectivity index is 2.15. The van der Waals surface area contributed by atoms with Crippen LogP contribution in [0.5, 0.6) is 0 Å². The van der Waals surface area contributed by atoms with Gasteiger partial charge in [-0.1, -0.05) is 6.07 Å². The Morgan fingerprint density at radius 2 is 2.21 bits per heavy atom. The van der Waals surface area contributed by atoms with Gasteiger partial charge in [-0.05, 0) is 38.5 Å². The predicted molar refractivity (Wildman–Crippen MR) is 75.8 cm³/mol. The second kappa shape index (κ2) is 5.57. The maximum absolute atomic E-state index is 8.93. The fraction of sp³-hybridized carbons (Fsp3) is 0.333. The van der Waals surface area contributed by atoms with Gasteiger partial charge >= 0.3 is 0 Å². The molecule has 2 aromatic rings. The number of hydrogen-bond acceptors (Lipinski definition) is 3. The lowest BCUT2D eigenvalue weighted by atomic mass is 10.1. The first-order valence-electron chi connectivity index (χ1n) is 6.37. The van der Waals surface area contributed by atoms with Crippen molar-refractivity contribution in [3.05, 3.63) is 47.5 Å². The molecule has 0 saturated carbocycles. The topological polar surface area (TPSA) is 53.6 Å². The van der Waals surface area contributed by atoms with Crippen LogP contribution in [0.15, 0.2) is 30.7 Å². The van der Waals surface area contributed by atoms with Gasteiger partial charge in [0.15, 0.2) is 0 Å². The maximum atomic E-state index is 8.93. The van der Waals surface area contributed by atoms with Crippen LogP contribution in [0.1, 0.15) is 36.7 Å². The van der Waals surface area contributed by atoms with Crippen molar-refractivity contribution in [1.82, 2.24) is 9.55 Å². The van der Waals surface area contributed by atoms with Gasteiger partial charge in [-0.25, -0.2) is 4.98 Å². The number of rotatable bonds is 4. The zero-order chi connectivity index (χ0) is 13.8. The highest BCUT2D eigenvalue weighted by molar-refractivity contribution is 5.55. The van der Waals surface area contributed by atoms with Gasteiger partial charge in [-0.2, -0.15) is 5.26 Å². The van der Waals surface area contributed by atoms with E-state index in [0.717, 1.165) is 16.9 Å². The van der Waals surface area contributed by atoms with E-state index in [0.29, 0.717) is 18.2 Å². The Morgan fingerprint density at radius 3 is 2.89 bits per heavy atom. The largest absolute Gasteiger partial charge is 0.379 e. The third kappa shape index (κ3) is 2.94. The molecule has 0 spiro atoms. The fourth-order valence-corrected chi connectivity index (χ4v) is 2.00. The summed E-state index contributed by atoms with van der Waals surface area (Å²) in [5.74, 6) is 0. The maximum Gasteiger partial charge on any atom is 0.0992 e. The van der Waals surface area contributed by atoms with Crippen molar-refractivity contribution in [2.75, 3.05) is 5.32 Å². The van der Waals surface area contributed by atoms with Crippen molar-refractivity contribution in [1.29, 1.82) is 5.26 Å². The molecule has 4 heteroatoms. The number of imidazole rings is 1. The molecule has 19 heavy (non-hydrogen) atoms. The van der Waals surface area contributed by atoms with Crippen molar-refractivity contribution in [3.8, 4) is 6.07 Å². The zero-order valence-corrected chi connectivity index (χ0v) is 11.5. The molecule has 0 saturated heterocycles. The van der Waals surface area contributed by atoms with Crippen LogP contribution in [0.4, 0.5) is 5.69 Å². The third-order valence-corrected chi connectivity index (χ3v) is 3.13. The first-order chi connectivity index (χ1) is 9.11. The van der Waals surface area contributed by atoms with Crippen molar-refractivity contribution < 1.29 is 0 Å². The number of nitrogens with one attached hydrogen (secondary N) is 1. The molecule has 0 fully saturated rings. The second-order valence-electron chi connectivity index (χ2n) is 4.88. The Kier molecular flexibility index (Phi) is 3.86. The van der Waals surface area contributed by atoms with Crippen molar-refractivity contribution in [3.63, 3.8) is 0 Å². The highest BCUT2D eigenvalue weighted by Crippen LogP contribution is 2.18. The summed E-state index contributed by atoms with van der Waals surface area (Å²) in [7, 11) is 0. The van der Waals surface area contributed by atoms with E-state index in [4.69, 9.17) is 5.26 Å². The average molecular weight is 254 g/mol. The van der Waals surface area contributed by atoms with Crippen LogP contribution >= 0.6 is 0 Å². The number of nitrogens with zero attached hydrogens (tertiary/aromatic N) is 3. The minimum atomic E-state index is 0.394. The molecular weight excluding hydrogens is 236 g/mol. The minimum absolute atomic E-state index is 0.394. The van der Waals surface area contributed by atoms with Crippen LogP contribution < -0.4 is 5.32 Å². The van der Waals surface area contributed by atoms with Gasteiger partial charge in [0.25, 0.3) is 0 Å². The van der Waals surface area contributed by atoms with Crippen molar-refractivity contribution >= 4 is 5.69 Å². The lowest BCUT2D eigenvalue weighted by molar-refractivity contribution is 0.577. The molecule has 0 aliphatic heterocycles. The van der Waals surface area contributed by atoms with E-state index in [1.165, 1.54) is 0 Å². The predicted octanol–water partition coefficient (Wildman–Crippen LogP) is 3.26. The molecular formula is C15H18N4. The number of aromatic nitrogens is 2. The molecule has 0 radical (unpaired) electrons. The SMILES string of the molecule is Cc1ccc(C#N)cc1NCc1cncn1C(C)C. The van der Waals surface area contributed by atoms with Crippen LogP contribution in [0, 0.1) is 18.3 Å². The summed E-state index contributed by atoms with van der Waals surface area (Å²) in [6.07, 6.45) is 3.72. The van der Waals surface area contributed by atoms with Gasteiger partial charge in [-0.3, -0.25) is 0 Å². The highest BCUT2D eigenvalue weighted by atomic mass is 15.1. The second-order valence-corrected chi connectivity index (χ2v) is 4.88. The Bertz CT molecular complexity index is 605. The van der Waals surface area contributed by atoms with E-state index in [1.807, 2.05) is 37.6 Å². The number of benzene rings is 1. The average Bonchev–Trinajstić information content (AvgIpc) is 2.86. The van der Waals surface area contributed by atoms with E-state index in [-0.39, 0.29) is 0 Å². The normalized spacial score (nSPS) is 10.5. The van der Waals surface area contributed by atoms with Crippen molar-refractivity contribution in [2.45, 2.75) is 33.4 Å². The van der Waals surface area contributed by atoms with E-state index < -0.39 is 0 Å². The van der Waals surface area contributed by atoms with E-state index in [9.17, 15) is 0 Å². The molecule has 0 aliphatic carbocycles. The number of aryl methyl sites for hydroxylation is 1. The molecule has 1 aromatic carbocycles. The third-order valence-electron chi connectivity index (χ3n) is 3.13. The van der Waals surface area contributed by atoms with Gasteiger partial charge in [0.2, 0.25) is 0 Å². The quantitative estimate of drug-likeness (QED) is 0.911. The van der Waals surface area contributed by atoms with Gasteiger partial charge in [-0.15, -0.1) is 0 Å². The summed E-state index contributed by atoms with van der Waals surface area (Å²) in [4.78, 5) is 4.18. The Hall–Kier alpha value is -2.28. The summed E-state index contributed by atoms with van der Waals surface area (Å²) in [6, 6.07) is 8.23. The summed E-state index contributed by atoms with van der Waals surface area (Å²) < 4.78 is 2.14. The molecule has 1 N–H and O–H groups in total. The molecule has 98 valence electrons. The summed E-state index contributed by atoms with van der Waals surface area (Å²) >= 11 is 0. The molecule has 0 bridgehead atoms. The zero-order valence-electron chi connectivity index (χ0n) is 11.5. The fourth-order valence-electron chi connectivity index (χ4n) is 2.00. The molecule has 0 unspecified atom stereocenters. The summed E-state index contributed by atoms with van der Waals surface area (Å²) in [5.41, 5.74) is 3.94. The van der Waals surface area contributed by atoms with Crippen LogP contribution in [-0.2, 0) is 6.54 Å². The minimum Gasteiger partial charge on any atom is -0.379 e. The molecule has 0 atom stereocenters. The first-order valence-corrected chi connectivity index (χ1v) is 6.37. The molecule has 2 rings (SSSR count).